The summed E-state index contributed by atoms with van der Waals surface area (Å²) in [6.07, 6.45) is 0. The molecule has 0 aliphatic rings. The van der Waals surface area contributed by atoms with Gasteiger partial charge in [0.05, 0.1) is 21.1 Å². The number of anilines is 1. The molecule has 0 fully saturated rings. The van der Waals surface area contributed by atoms with E-state index in [2.05, 4.69) is 15.4 Å². The molecule has 1 amide bonds. The number of amides is 1. The number of hydrogen-bond acceptors (Lipinski definition) is 8. The molecule has 4 aromatic rings. The molecule has 2 aromatic heterocycles. The van der Waals surface area contributed by atoms with E-state index in [1.165, 1.54) is 22.8 Å². The number of nitrogens with one attached hydrogen (secondary N) is 1. The van der Waals surface area contributed by atoms with Crippen molar-refractivity contribution in [2.45, 2.75) is 6.92 Å². The molecule has 4 rings (SSSR count). The summed E-state index contributed by atoms with van der Waals surface area (Å²) in [5.74, 6) is -0.851. The van der Waals surface area contributed by atoms with Crippen LogP contribution in [-0.4, -0.2) is 30.4 Å². The Hall–Kier alpha value is -3.90. The first-order chi connectivity index (χ1) is 14.7. The normalized spacial score (nSPS) is 10.9. The second kappa shape index (κ2) is 7.74. The van der Waals surface area contributed by atoms with Crippen LogP contribution < -0.4 is 5.32 Å². The number of carbonyl (C=O) groups excluding carboxylic acids is 1. The molecule has 13 heteroatoms. The Morgan fingerprint density at radius 2 is 1.74 bits per heavy atom. The highest BCUT2D eigenvalue weighted by atomic mass is 35.5. The summed E-state index contributed by atoms with van der Waals surface area (Å²) in [6.45, 7) is 1.25. The van der Waals surface area contributed by atoms with E-state index in [1.807, 2.05) is 17.5 Å². The molecule has 0 radical (unpaired) electrons. The third kappa shape index (κ3) is 3.81. The smallest absolute Gasteiger partial charge is 0.279 e. The summed E-state index contributed by atoms with van der Waals surface area (Å²) in [5.41, 5.74) is 0.126. The van der Waals surface area contributed by atoms with Crippen LogP contribution in [0.15, 0.2) is 41.8 Å². The molecule has 0 saturated heterocycles. The lowest BCUT2D eigenvalue weighted by Crippen LogP contribution is -2.14. The number of nitro benzene ring substituents is 2. The van der Waals surface area contributed by atoms with Gasteiger partial charge in [0.2, 0.25) is 4.96 Å². The van der Waals surface area contributed by atoms with Gasteiger partial charge in [-0.15, -0.1) is 16.4 Å². The van der Waals surface area contributed by atoms with E-state index in [0.29, 0.717) is 9.98 Å². The predicted octanol–water partition coefficient (Wildman–Crippen LogP) is 4.49. The molecular weight excluding hydrogens is 448 g/mol. The Morgan fingerprint density at radius 1 is 1.13 bits per heavy atom. The van der Waals surface area contributed by atoms with Gasteiger partial charge in [-0.1, -0.05) is 23.7 Å². The fourth-order valence-electron chi connectivity index (χ4n) is 2.92. The number of rotatable bonds is 5. The quantitative estimate of drug-likeness (QED) is 0.342. The van der Waals surface area contributed by atoms with E-state index in [4.69, 9.17) is 11.6 Å². The molecule has 1 N–H and O–H groups in total. The number of nitrogens with zero attached hydrogens (tertiary/aromatic N) is 5. The molecule has 0 atom stereocenters. The topological polar surface area (TPSA) is 146 Å². The minimum absolute atomic E-state index is 0.0436. The van der Waals surface area contributed by atoms with E-state index in [9.17, 15) is 25.0 Å². The highest BCUT2D eigenvalue weighted by molar-refractivity contribution is 7.15. The maximum Gasteiger partial charge on any atom is 0.279 e. The molecule has 0 aliphatic heterocycles. The minimum Gasteiger partial charge on any atom is -0.289 e. The van der Waals surface area contributed by atoms with E-state index in [0.717, 1.165) is 23.4 Å². The second-order valence-corrected chi connectivity index (χ2v) is 7.64. The number of fused-ring (bicyclic) bond motifs is 1. The Labute approximate surface area is 182 Å². The number of benzene rings is 2. The van der Waals surface area contributed by atoms with Crippen LogP contribution in [0.4, 0.5) is 17.3 Å². The van der Waals surface area contributed by atoms with E-state index in [-0.39, 0.29) is 17.1 Å². The first-order valence-electron chi connectivity index (χ1n) is 8.59. The summed E-state index contributed by atoms with van der Waals surface area (Å²) in [4.78, 5) is 38.2. The molecule has 156 valence electrons. The first kappa shape index (κ1) is 20.4. The lowest BCUT2D eigenvalue weighted by Gasteiger charge is -2.04. The van der Waals surface area contributed by atoms with Crippen molar-refractivity contribution < 1.29 is 14.6 Å². The maximum atomic E-state index is 12.6. The van der Waals surface area contributed by atoms with Crippen molar-refractivity contribution in [3.05, 3.63) is 78.2 Å². The number of hydrogen-bond donors (Lipinski definition) is 1. The van der Waals surface area contributed by atoms with Crippen LogP contribution in [-0.2, 0) is 0 Å². The average molecular weight is 459 g/mol. The van der Waals surface area contributed by atoms with Gasteiger partial charge in [0, 0.05) is 28.1 Å². The SMILES string of the molecule is Cc1c([N+](=O)[O-])cc(C(=O)Nc2nc3scc(-c4ccc(Cl)cc4)n3n2)cc1[N+](=O)[O-]. The molecule has 0 spiro atoms. The van der Waals surface area contributed by atoms with Gasteiger partial charge in [-0.05, 0) is 19.1 Å². The van der Waals surface area contributed by atoms with Crippen molar-refractivity contribution in [2.75, 3.05) is 5.32 Å². The lowest BCUT2D eigenvalue weighted by molar-refractivity contribution is -0.395. The van der Waals surface area contributed by atoms with Crippen molar-refractivity contribution in [2.24, 2.45) is 0 Å². The largest absolute Gasteiger partial charge is 0.289 e. The van der Waals surface area contributed by atoms with E-state index < -0.39 is 27.1 Å². The number of carbonyl (C=O) groups is 1. The zero-order valence-corrected chi connectivity index (χ0v) is 17.2. The van der Waals surface area contributed by atoms with Crippen LogP contribution in [0, 0.1) is 27.2 Å². The molecule has 0 bridgehead atoms. The van der Waals surface area contributed by atoms with Crippen molar-refractivity contribution in [1.82, 2.24) is 14.6 Å². The number of thiazole rings is 1. The Bertz CT molecular complexity index is 1330. The van der Waals surface area contributed by atoms with Crippen LogP contribution in [0.25, 0.3) is 16.2 Å². The summed E-state index contributed by atoms with van der Waals surface area (Å²) in [7, 11) is 0. The number of nitro groups is 2. The van der Waals surface area contributed by atoms with Crippen molar-refractivity contribution in [1.29, 1.82) is 0 Å². The van der Waals surface area contributed by atoms with Crippen molar-refractivity contribution in [3.8, 4) is 11.3 Å². The van der Waals surface area contributed by atoms with Gasteiger partial charge in [-0.2, -0.15) is 4.98 Å². The van der Waals surface area contributed by atoms with Gasteiger partial charge < -0.3 is 0 Å². The van der Waals surface area contributed by atoms with Crippen LogP contribution >= 0.6 is 22.9 Å². The predicted molar refractivity (Wildman–Crippen MR) is 114 cm³/mol. The van der Waals surface area contributed by atoms with Crippen LogP contribution in [0.1, 0.15) is 15.9 Å². The van der Waals surface area contributed by atoms with Gasteiger partial charge in [-0.3, -0.25) is 30.3 Å². The summed E-state index contributed by atoms with van der Waals surface area (Å²) >= 11 is 7.22. The molecule has 31 heavy (non-hydrogen) atoms. The Balaban J connectivity index is 1.67. The molecule has 2 aromatic carbocycles. The Morgan fingerprint density at radius 3 is 2.32 bits per heavy atom. The van der Waals surface area contributed by atoms with Gasteiger partial charge >= 0.3 is 0 Å². The zero-order chi connectivity index (χ0) is 22.3. The van der Waals surface area contributed by atoms with Crippen molar-refractivity contribution >= 4 is 51.1 Å². The minimum atomic E-state index is -0.808. The summed E-state index contributed by atoms with van der Waals surface area (Å²) in [6, 6.07) is 9.06. The van der Waals surface area contributed by atoms with Crippen LogP contribution in [0.3, 0.4) is 0 Å². The van der Waals surface area contributed by atoms with E-state index >= 15 is 0 Å². The average Bonchev–Trinajstić information content (AvgIpc) is 3.28. The highest BCUT2D eigenvalue weighted by Crippen LogP contribution is 2.30. The molecule has 0 unspecified atom stereocenters. The second-order valence-electron chi connectivity index (χ2n) is 6.37. The van der Waals surface area contributed by atoms with E-state index in [1.54, 1.807) is 12.1 Å². The monoisotopic (exact) mass is 458 g/mol. The van der Waals surface area contributed by atoms with Gasteiger partial charge in [0.1, 0.15) is 5.56 Å². The fraction of sp³-hybridized carbons (Fsp3) is 0.0556. The maximum absolute atomic E-state index is 12.6. The fourth-order valence-corrected chi connectivity index (χ4v) is 3.88. The molecule has 2 heterocycles. The summed E-state index contributed by atoms with van der Waals surface area (Å²) < 4.78 is 1.53. The third-order valence-electron chi connectivity index (χ3n) is 4.46. The zero-order valence-electron chi connectivity index (χ0n) is 15.6. The summed E-state index contributed by atoms with van der Waals surface area (Å²) in [5, 5.41) is 31.6. The highest BCUT2D eigenvalue weighted by Gasteiger charge is 2.26. The third-order valence-corrected chi connectivity index (χ3v) is 5.52. The molecule has 11 nitrogen and oxygen atoms in total. The van der Waals surface area contributed by atoms with Gasteiger partial charge in [0.15, 0.2) is 0 Å². The van der Waals surface area contributed by atoms with Gasteiger partial charge in [-0.25, -0.2) is 4.52 Å². The number of aromatic nitrogens is 3. The number of halogens is 1. The standard InChI is InChI=1S/C18H11ClN6O5S/c1-9-13(24(27)28)6-11(7-14(9)25(29)30)16(26)20-17-21-18-23(22-17)15(8-31-18)10-2-4-12(19)5-3-10/h2-8H,1H3,(H,20,22,26). The van der Waals surface area contributed by atoms with Gasteiger partial charge in [0.25, 0.3) is 23.2 Å². The molecular formula is C18H11ClN6O5S. The van der Waals surface area contributed by atoms with Crippen LogP contribution in [0.5, 0.6) is 0 Å². The lowest BCUT2D eigenvalue weighted by atomic mass is 10.1. The van der Waals surface area contributed by atoms with Crippen LogP contribution in [0.2, 0.25) is 5.02 Å². The molecule has 0 aliphatic carbocycles. The Kier molecular flexibility index (Phi) is 5.09. The first-order valence-corrected chi connectivity index (χ1v) is 9.85. The molecule has 0 saturated carbocycles. The van der Waals surface area contributed by atoms with Crippen molar-refractivity contribution in [3.63, 3.8) is 0 Å².